The Kier molecular flexibility index (Phi) is 8.05. The molecule has 0 aliphatic carbocycles. The van der Waals surface area contributed by atoms with Crippen LogP contribution in [0.15, 0.2) is 35.3 Å². The second-order valence-corrected chi connectivity index (χ2v) is 6.63. The number of hydrogen-bond acceptors (Lipinski definition) is 3. The van der Waals surface area contributed by atoms with E-state index in [0.717, 1.165) is 52.1 Å². The lowest BCUT2D eigenvalue weighted by Gasteiger charge is -2.40. The summed E-state index contributed by atoms with van der Waals surface area (Å²) in [5.74, 6) is 0.585. The Morgan fingerprint density at radius 2 is 2.04 bits per heavy atom. The van der Waals surface area contributed by atoms with Gasteiger partial charge in [-0.05, 0) is 25.5 Å². The van der Waals surface area contributed by atoms with Crippen molar-refractivity contribution in [2.75, 3.05) is 46.3 Å². The molecule has 1 aliphatic rings. The topological polar surface area (TPSA) is 56.9 Å². The molecule has 5 heteroatoms. The maximum Gasteiger partial charge on any atom is 0.188 e. The van der Waals surface area contributed by atoms with Gasteiger partial charge in [-0.1, -0.05) is 43.7 Å². The molecule has 0 aromatic heterocycles. The number of rotatable bonds is 8. The fraction of sp³-hybridized carbons (Fsp3) is 0.632. The molecule has 24 heavy (non-hydrogen) atoms. The number of benzene rings is 1. The second-order valence-electron chi connectivity index (χ2n) is 6.63. The first-order valence-electron chi connectivity index (χ1n) is 9.22. The van der Waals surface area contributed by atoms with Crippen molar-refractivity contribution in [1.82, 2.24) is 15.1 Å². The van der Waals surface area contributed by atoms with Crippen LogP contribution >= 0.6 is 0 Å². The Morgan fingerprint density at radius 3 is 2.79 bits per heavy atom. The highest BCUT2D eigenvalue weighted by molar-refractivity contribution is 5.77. The van der Waals surface area contributed by atoms with Crippen LogP contribution in [0.4, 0.5) is 0 Å². The monoisotopic (exact) mass is 331 g/mol. The van der Waals surface area contributed by atoms with Crippen molar-refractivity contribution in [1.29, 1.82) is 0 Å². The predicted molar refractivity (Wildman–Crippen MR) is 102 cm³/mol. The number of guanidine groups is 1. The summed E-state index contributed by atoms with van der Waals surface area (Å²) >= 11 is 0. The van der Waals surface area contributed by atoms with Crippen molar-refractivity contribution in [2.45, 2.75) is 32.2 Å². The molecule has 3 N–H and O–H groups in total. The number of hydrogen-bond donors (Lipinski definition) is 2. The van der Waals surface area contributed by atoms with E-state index < -0.39 is 0 Å². The third kappa shape index (κ3) is 6.13. The molecule has 1 heterocycles. The maximum atomic E-state index is 5.89. The van der Waals surface area contributed by atoms with Crippen LogP contribution in [-0.4, -0.2) is 62.1 Å². The third-order valence-electron chi connectivity index (χ3n) is 4.60. The number of unbranched alkanes of at least 4 members (excludes halogenated alkanes) is 1. The van der Waals surface area contributed by atoms with E-state index in [1.807, 2.05) is 0 Å². The van der Waals surface area contributed by atoms with Gasteiger partial charge in [-0.2, -0.15) is 0 Å². The Hall–Kier alpha value is -1.59. The first-order valence-corrected chi connectivity index (χ1v) is 9.22. The molecule has 1 aliphatic heterocycles. The van der Waals surface area contributed by atoms with Gasteiger partial charge < -0.3 is 16.0 Å². The lowest BCUT2D eigenvalue weighted by atomic mass is 10.0. The van der Waals surface area contributed by atoms with E-state index in [2.05, 4.69) is 64.4 Å². The van der Waals surface area contributed by atoms with Crippen LogP contribution < -0.4 is 11.1 Å². The number of piperazine rings is 1. The molecule has 1 fully saturated rings. The fourth-order valence-electron chi connectivity index (χ4n) is 3.14. The van der Waals surface area contributed by atoms with Crippen LogP contribution in [0.3, 0.4) is 0 Å². The Bertz CT molecular complexity index is 488. The zero-order valence-electron chi connectivity index (χ0n) is 15.2. The second kappa shape index (κ2) is 10.3. The molecule has 2 rings (SSSR count). The summed E-state index contributed by atoms with van der Waals surface area (Å²) in [6, 6.07) is 11.3. The highest BCUT2D eigenvalue weighted by Crippen LogP contribution is 2.24. The van der Waals surface area contributed by atoms with E-state index in [1.54, 1.807) is 0 Å². The first-order chi connectivity index (χ1) is 11.7. The van der Waals surface area contributed by atoms with E-state index in [0.29, 0.717) is 12.0 Å². The highest BCUT2D eigenvalue weighted by Gasteiger charge is 2.25. The normalized spacial score (nSPS) is 20.2. The molecule has 1 aromatic carbocycles. The van der Waals surface area contributed by atoms with Gasteiger partial charge >= 0.3 is 0 Å². The average molecular weight is 332 g/mol. The van der Waals surface area contributed by atoms with Crippen molar-refractivity contribution in [3.05, 3.63) is 35.9 Å². The number of nitrogens with zero attached hydrogens (tertiary/aromatic N) is 3. The number of nitrogens with two attached hydrogens (primary N) is 1. The quantitative estimate of drug-likeness (QED) is 0.435. The minimum absolute atomic E-state index is 0.481. The summed E-state index contributed by atoms with van der Waals surface area (Å²) in [6.45, 7) is 8.29. The van der Waals surface area contributed by atoms with Crippen LogP contribution in [0.25, 0.3) is 0 Å². The van der Waals surface area contributed by atoms with Crippen molar-refractivity contribution in [2.24, 2.45) is 10.7 Å². The molecule has 0 amide bonds. The molecule has 1 atom stereocenters. The van der Waals surface area contributed by atoms with Gasteiger partial charge in [0.25, 0.3) is 0 Å². The van der Waals surface area contributed by atoms with Crippen LogP contribution in [0, 0.1) is 0 Å². The summed E-state index contributed by atoms with van der Waals surface area (Å²) in [5.41, 5.74) is 7.30. The van der Waals surface area contributed by atoms with Crippen LogP contribution in [0.2, 0.25) is 0 Å². The Morgan fingerprint density at radius 1 is 1.25 bits per heavy atom. The molecule has 5 nitrogen and oxygen atoms in total. The molecule has 0 radical (unpaired) electrons. The molecule has 1 aromatic rings. The van der Waals surface area contributed by atoms with E-state index >= 15 is 0 Å². The van der Waals surface area contributed by atoms with Gasteiger partial charge in [0, 0.05) is 45.3 Å². The van der Waals surface area contributed by atoms with E-state index in [1.165, 1.54) is 12.0 Å². The zero-order chi connectivity index (χ0) is 17.2. The lowest BCUT2D eigenvalue weighted by Crippen LogP contribution is -2.47. The van der Waals surface area contributed by atoms with Crippen LogP contribution in [0.1, 0.15) is 37.8 Å². The van der Waals surface area contributed by atoms with Gasteiger partial charge in [0.15, 0.2) is 5.96 Å². The van der Waals surface area contributed by atoms with Crippen LogP contribution in [0.5, 0.6) is 0 Å². The van der Waals surface area contributed by atoms with E-state index in [4.69, 9.17) is 5.73 Å². The van der Waals surface area contributed by atoms with Crippen molar-refractivity contribution < 1.29 is 0 Å². The van der Waals surface area contributed by atoms with Crippen molar-refractivity contribution in [3.8, 4) is 0 Å². The number of nitrogens with one attached hydrogen (secondary N) is 1. The molecule has 0 bridgehead atoms. The summed E-state index contributed by atoms with van der Waals surface area (Å²) in [7, 11) is 2.21. The van der Waals surface area contributed by atoms with Gasteiger partial charge in [-0.15, -0.1) is 0 Å². The summed E-state index contributed by atoms with van der Waals surface area (Å²) in [4.78, 5) is 9.45. The lowest BCUT2D eigenvalue weighted by molar-refractivity contribution is 0.0894. The van der Waals surface area contributed by atoms with Gasteiger partial charge in [0.2, 0.25) is 0 Å². The zero-order valence-corrected chi connectivity index (χ0v) is 15.2. The summed E-state index contributed by atoms with van der Waals surface area (Å²) in [5, 5.41) is 3.17. The highest BCUT2D eigenvalue weighted by atomic mass is 15.3. The average Bonchev–Trinajstić information content (AvgIpc) is 2.60. The number of aliphatic imine (C=N–C) groups is 1. The molecule has 134 valence electrons. The van der Waals surface area contributed by atoms with Crippen LogP contribution in [-0.2, 0) is 0 Å². The van der Waals surface area contributed by atoms with Crippen molar-refractivity contribution >= 4 is 5.96 Å². The molecule has 1 saturated heterocycles. The molecular weight excluding hydrogens is 298 g/mol. The minimum Gasteiger partial charge on any atom is -0.370 e. The Balaban J connectivity index is 1.80. The molecule has 0 spiro atoms. The predicted octanol–water partition coefficient (Wildman–Crippen LogP) is 2.07. The smallest absolute Gasteiger partial charge is 0.188 e. The van der Waals surface area contributed by atoms with Gasteiger partial charge in [-0.3, -0.25) is 9.89 Å². The standard InChI is InChI=1S/C19H33N5/c1-3-4-11-21-19(20)22-12-8-13-24-15-14-23(2)16-18(24)17-9-6-5-7-10-17/h5-7,9-10,18H,3-4,8,11-16H2,1-2H3,(H3,20,21,22). The molecule has 0 saturated carbocycles. The molecular formula is C19H33N5. The van der Waals surface area contributed by atoms with Gasteiger partial charge in [-0.25, -0.2) is 0 Å². The van der Waals surface area contributed by atoms with E-state index in [-0.39, 0.29) is 0 Å². The SMILES string of the molecule is CCCCNC(N)=NCCCN1CCN(C)CC1c1ccccc1. The number of likely N-dealkylation sites (N-methyl/N-ethyl adjacent to an activating group) is 1. The minimum atomic E-state index is 0.481. The first kappa shape index (κ1) is 18.7. The van der Waals surface area contributed by atoms with Gasteiger partial charge in [0.05, 0.1) is 0 Å². The summed E-state index contributed by atoms with van der Waals surface area (Å²) in [6.07, 6.45) is 3.35. The largest absolute Gasteiger partial charge is 0.370 e. The van der Waals surface area contributed by atoms with E-state index in [9.17, 15) is 0 Å². The molecule has 1 unspecified atom stereocenters. The van der Waals surface area contributed by atoms with Crippen molar-refractivity contribution in [3.63, 3.8) is 0 Å². The third-order valence-corrected chi connectivity index (χ3v) is 4.60. The Labute approximate surface area is 146 Å². The summed E-state index contributed by atoms with van der Waals surface area (Å²) < 4.78 is 0. The van der Waals surface area contributed by atoms with Gasteiger partial charge in [0.1, 0.15) is 0 Å². The fourth-order valence-corrected chi connectivity index (χ4v) is 3.14. The maximum absolute atomic E-state index is 5.89.